The van der Waals surface area contributed by atoms with Gasteiger partial charge >= 0.3 is 0 Å². The molecule has 1 aliphatic rings. The SMILES string of the molecule is CC(NC(=O)COc1ccccc1)c1nc(C2(N)CCC2)no1. The molecule has 23 heavy (non-hydrogen) atoms. The number of nitrogens with one attached hydrogen (secondary N) is 1. The van der Waals surface area contributed by atoms with Crippen LogP contribution in [-0.2, 0) is 10.3 Å². The maximum Gasteiger partial charge on any atom is 0.258 e. The molecule has 1 fully saturated rings. The zero-order valence-electron chi connectivity index (χ0n) is 13.0. The average molecular weight is 316 g/mol. The predicted molar refractivity (Wildman–Crippen MR) is 82.5 cm³/mol. The molecule has 1 aromatic heterocycles. The number of aromatic nitrogens is 2. The van der Waals surface area contributed by atoms with E-state index in [0.717, 1.165) is 19.3 Å². The lowest BCUT2D eigenvalue weighted by Crippen LogP contribution is -2.44. The van der Waals surface area contributed by atoms with E-state index in [4.69, 9.17) is 15.0 Å². The second-order valence-corrected chi connectivity index (χ2v) is 5.86. The van der Waals surface area contributed by atoms with Gasteiger partial charge in [-0.15, -0.1) is 0 Å². The molecule has 3 N–H and O–H groups in total. The highest BCUT2D eigenvalue weighted by Gasteiger charge is 2.39. The Balaban J connectivity index is 1.52. The van der Waals surface area contributed by atoms with Crippen molar-refractivity contribution >= 4 is 5.91 Å². The van der Waals surface area contributed by atoms with E-state index in [1.807, 2.05) is 18.2 Å². The number of nitrogens with two attached hydrogens (primary N) is 1. The van der Waals surface area contributed by atoms with Gasteiger partial charge in [-0.25, -0.2) is 0 Å². The van der Waals surface area contributed by atoms with Crippen LogP contribution in [0.1, 0.15) is 43.9 Å². The molecule has 0 saturated heterocycles. The minimum atomic E-state index is -0.470. The first-order chi connectivity index (χ1) is 11.1. The van der Waals surface area contributed by atoms with Crippen LogP contribution in [0.5, 0.6) is 5.75 Å². The summed E-state index contributed by atoms with van der Waals surface area (Å²) in [5, 5.41) is 6.70. The van der Waals surface area contributed by atoms with E-state index in [0.29, 0.717) is 17.5 Å². The van der Waals surface area contributed by atoms with E-state index in [9.17, 15) is 4.79 Å². The van der Waals surface area contributed by atoms with Crippen molar-refractivity contribution in [3.05, 3.63) is 42.0 Å². The van der Waals surface area contributed by atoms with Gasteiger partial charge in [-0.05, 0) is 38.3 Å². The Morgan fingerprint density at radius 3 is 2.83 bits per heavy atom. The second kappa shape index (κ2) is 6.37. The van der Waals surface area contributed by atoms with Crippen molar-refractivity contribution in [1.82, 2.24) is 15.5 Å². The molecule has 2 aromatic rings. The van der Waals surface area contributed by atoms with Crippen LogP contribution in [0.4, 0.5) is 0 Å². The number of carbonyl (C=O) groups excluding carboxylic acids is 1. The third kappa shape index (κ3) is 3.50. The number of hydrogen-bond donors (Lipinski definition) is 2. The molecule has 1 atom stereocenters. The lowest BCUT2D eigenvalue weighted by Gasteiger charge is -2.34. The van der Waals surface area contributed by atoms with Crippen LogP contribution in [0, 0.1) is 0 Å². The van der Waals surface area contributed by atoms with E-state index in [1.54, 1.807) is 19.1 Å². The van der Waals surface area contributed by atoms with E-state index >= 15 is 0 Å². The second-order valence-electron chi connectivity index (χ2n) is 5.86. The molecular weight excluding hydrogens is 296 g/mol. The van der Waals surface area contributed by atoms with Crippen molar-refractivity contribution in [2.45, 2.75) is 37.8 Å². The Morgan fingerprint density at radius 2 is 2.17 bits per heavy atom. The van der Waals surface area contributed by atoms with Gasteiger partial charge < -0.3 is 20.3 Å². The normalized spacial score (nSPS) is 17.1. The molecule has 0 radical (unpaired) electrons. The Bertz CT molecular complexity index is 667. The lowest BCUT2D eigenvalue weighted by molar-refractivity contribution is -0.123. The fourth-order valence-corrected chi connectivity index (χ4v) is 2.41. The number of rotatable bonds is 6. The highest BCUT2D eigenvalue weighted by Crippen LogP contribution is 2.37. The molecule has 7 heteroatoms. The number of hydrogen-bond acceptors (Lipinski definition) is 6. The van der Waals surface area contributed by atoms with Gasteiger partial charge in [0.1, 0.15) is 11.8 Å². The van der Waals surface area contributed by atoms with Crippen molar-refractivity contribution in [1.29, 1.82) is 0 Å². The highest BCUT2D eigenvalue weighted by atomic mass is 16.5. The average Bonchev–Trinajstić information content (AvgIpc) is 3.02. The number of amides is 1. The van der Waals surface area contributed by atoms with E-state index in [-0.39, 0.29) is 12.5 Å². The van der Waals surface area contributed by atoms with Gasteiger partial charge in [0.05, 0.1) is 5.54 Å². The van der Waals surface area contributed by atoms with Crippen LogP contribution in [0.2, 0.25) is 0 Å². The van der Waals surface area contributed by atoms with Gasteiger partial charge in [-0.2, -0.15) is 4.98 Å². The first-order valence-corrected chi connectivity index (χ1v) is 7.67. The van der Waals surface area contributed by atoms with Crippen LogP contribution in [0.15, 0.2) is 34.9 Å². The summed E-state index contributed by atoms with van der Waals surface area (Å²) >= 11 is 0. The summed E-state index contributed by atoms with van der Waals surface area (Å²) in [5.74, 6) is 1.25. The molecule has 1 heterocycles. The molecule has 1 saturated carbocycles. The summed E-state index contributed by atoms with van der Waals surface area (Å²) < 4.78 is 10.6. The number of benzene rings is 1. The molecule has 0 bridgehead atoms. The van der Waals surface area contributed by atoms with Crippen LogP contribution < -0.4 is 15.8 Å². The Labute approximate surface area is 134 Å². The highest BCUT2D eigenvalue weighted by molar-refractivity contribution is 5.77. The summed E-state index contributed by atoms with van der Waals surface area (Å²) in [7, 11) is 0. The van der Waals surface area contributed by atoms with Crippen molar-refractivity contribution in [2.75, 3.05) is 6.61 Å². The van der Waals surface area contributed by atoms with E-state index < -0.39 is 11.6 Å². The molecular formula is C16H20N4O3. The van der Waals surface area contributed by atoms with E-state index in [2.05, 4.69) is 15.5 Å². The third-order valence-electron chi connectivity index (χ3n) is 3.99. The summed E-state index contributed by atoms with van der Waals surface area (Å²) in [6, 6.07) is 8.76. The molecule has 1 aromatic carbocycles. The maximum atomic E-state index is 11.9. The third-order valence-corrected chi connectivity index (χ3v) is 3.99. The van der Waals surface area contributed by atoms with Gasteiger partial charge in [0, 0.05) is 0 Å². The minimum Gasteiger partial charge on any atom is -0.484 e. The molecule has 1 aliphatic carbocycles. The fourth-order valence-electron chi connectivity index (χ4n) is 2.41. The van der Waals surface area contributed by atoms with Crippen LogP contribution in [-0.4, -0.2) is 22.7 Å². The monoisotopic (exact) mass is 316 g/mol. The van der Waals surface area contributed by atoms with Gasteiger partial charge in [0.25, 0.3) is 5.91 Å². The molecule has 122 valence electrons. The number of nitrogens with zero attached hydrogens (tertiary/aromatic N) is 2. The van der Waals surface area contributed by atoms with E-state index in [1.165, 1.54) is 0 Å². The van der Waals surface area contributed by atoms with Gasteiger partial charge in [0.2, 0.25) is 5.89 Å². The van der Waals surface area contributed by atoms with Gasteiger partial charge in [-0.1, -0.05) is 23.4 Å². The summed E-state index contributed by atoms with van der Waals surface area (Å²) in [6.07, 6.45) is 2.79. The molecule has 7 nitrogen and oxygen atoms in total. The zero-order chi connectivity index (χ0) is 16.3. The minimum absolute atomic E-state index is 0.0732. The fraction of sp³-hybridized carbons (Fsp3) is 0.438. The summed E-state index contributed by atoms with van der Waals surface area (Å²) in [6.45, 7) is 1.71. The van der Waals surface area contributed by atoms with Crippen LogP contribution in [0.25, 0.3) is 0 Å². The molecule has 0 spiro atoms. The number of ether oxygens (including phenoxy) is 1. The molecule has 0 aliphatic heterocycles. The maximum absolute atomic E-state index is 11.9. The summed E-state index contributed by atoms with van der Waals surface area (Å²) in [4.78, 5) is 16.2. The van der Waals surface area contributed by atoms with Crippen LogP contribution >= 0.6 is 0 Å². The number of para-hydroxylation sites is 1. The largest absolute Gasteiger partial charge is 0.484 e. The van der Waals surface area contributed by atoms with Gasteiger partial charge in [-0.3, -0.25) is 4.79 Å². The van der Waals surface area contributed by atoms with Crippen molar-refractivity contribution < 1.29 is 14.1 Å². The first kappa shape index (κ1) is 15.5. The Kier molecular flexibility index (Phi) is 4.29. The molecule has 3 rings (SSSR count). The lowest BCUT2D eigenvalue weighted by atomic mass is 9.77. The predicted octanol–water partition coefficient (Wildman–Crippen LogP) is 1.66. The quantitative estimate of drug-likeness (QED) is 0.840. The van der Waals surface area contributed by atoms with Crippen molar-refractivity contribution in [3.63, 3.8) is 0 Å². The Hall–Kier alpha value is -2.41. The smallest absolute Gasteiger partial charge is 0.258 e. The Morgan fingerprint density at radius 1 is 1.43 bits per heavy atom. The topological polar surface area (TPSA) is 103 Å². The number of carbonyl (C=O) groups is 1. The van der Waals surface area contributed by atoms with Crippen molar-refractivity contribution in [3.8, 4) is 5.75 Å². The van der Waals surface area contributed by atoms with Crippen LogP contribution in [0.3, 0.4) is 0 Å². The standard InChI is InChI=1S/C16H20N4O3/c1-11(14-19-15(20-23-14)16(17)8-5-9-16)18-13(21)10-22-12-6-3-2-4-7-12/h2-4,6-7,11H,5,8-10,17H2,1H3,(H,18,21). The summed E-state index contributed by atoms with van der Waals surface area (Å²) in [5.41, 5.74) is 5.69. The van der Waals surface area contributed by atoms with Gasteiger partial charge in [0.15, 0.2) is 12.4 Å². The zero-order valence-corrected chi connectivity index (χ0v) is 13.0. The first-order valence-electron chi connectivity index (χ1n) is 7.67. The molecule has 1 unspecified atom stereocenters. The molecule has 1 amide bonds. The van der Waals surface area contributed by atoms with Crippen molar-refractivity contribution in [2.24, 2.45) is 5.73 Å².